The molecule has 3 aromatic rings. The lowest BCUT2D eigenvalue weighted by Crippen LogP contribution is -2.18. The Morgan fingerprint density at radius 1 is 1.25 bits per heavy atom. The number of hydrogen-bond acceptors (Lipinski definition) is 8. The van der Waals surface area contributed by atoms with Gasteiger partial charge in [0.2, 0.25) is 5.88 Å². The predicted molar refractivity (Wildman–Crippen MR) is 81.9 cm³/mol. The highest BCUT2D eigenvalue weighted by Gasteiger charge is 2.33. The fourth-order valence-corrected chi connectivity index (χ4v) is 3.66. The van der Waals surface area contributed by atoms with Crippen molar-refractivity contribution in [2.24, 2.45) is 0 Å². The Balaban J connectivity index is 2.15. The van der Waals surface area contributed by atoms with Crippen LogP contribution in [-0.4, -0.2) is 28.5 Å². The van der Waals surface area contributed by atoms with Gasteiger partial charge in [0.25, 0.3) is 5.88 Å². The largest absolute Gasteiger partial charge is 0.574 e. The molecule has 6 nitrogen and oxygen atoms in total. The van der Waals surface area contributed by atoms with Crippen LogP contribution in [0.15, 0.2) is 22.3 Å². The van der Waals surface area contributed by atoms with E-state index in [0.29, 0.717) is 15.8 Å². The molecular formula is C13H7F3N2O4S2. The molecule has 0 aliphatic rings. The lowest BCUT2D eigenvalue weighted by molar-refractivity contribution is -0.276. The zero-order valence-corrected chi connectivity index (χ0v) is 13.4. The van der Waals surface area contributed by atoms with Gasteiger partial charge < -0.3 is 14.6 Å². The van der Waals surface area contributed by atoms with E-state index < -0.39 is 23.4 Å². The summed E-state index contributed by atoms with van der Waals surface area (Å²) in [5, 5.41) is 11.6. The summed E-state index contributed by atoms with van der Waals surface area (Å²) in [6.45, 7) is 0. The minimum Gasteiger partial charge on any atom is -0.503 e. The first kappa shape index (κ1) is 16.5. The summed E-state index contributed by atoms with van der Waals surface area (Å²) in [4.78, 5) is 20.3. The predicted octanol–water partition coefficient (Wildman–Crippen LogP) is 3.39. The average Bonchev–Trinajstić information content (AvgIpc) is 2.96. The molecule has 0 unspecified atom stereocenters. The van der Waals surface area contributed by atoms with Gasteiger partial charge in [-0.25, -0.2) is 4.98 Å². The van der Waals surface area contributed by atoms with Crippen molar-refractivity contribution in [2.45, 2.75) is 6.36 Å². The van der Waals surface area contributed by atoms with Crippen LogP contribution in [0.3, 0.4) is 0 Å². The second-order valence-corrected chi connectivity index (χ2v) is 6.27. The topological polar surface area (TPSA) is 81.5 Å². The molecule has 0 aliphatic carbocycles. The van der Waals surface area contributed by atoms with Crippen LogP contribution in [0.4, 0.5) is 13.2 Å². The number of thiazole rings is 1. The highest BCUT2D eigenvalue weighted by molar-refractivity contribution is 7.24. The summed E-state index contributed by atoms with van der Waals surface area (Å²) in [5.41, 5.74) is -0.505. The molecule has 0 aromatic carbocycles. The Bertz CT molecular complexity index is 968. The van der Waals surface area contributed by atoms with Gasteiger partial charge in [0.15, 0.2) is 11.2 Å². The molecule has 0 saturated heterocycles. The van der Waals surface area contributed by atoms with Crippen LogP contribution in [-0.2, 0) is 0 Å². The molecule has 126 valence electrons. The highest BCUT2D eigenvalue weighted by atomic mass is 32.1. The van der Waals surface area contributed by atoms with Crippen LogP contribution in [0.5, 0.6) is 17.5 Å². The number of alkyl halides is 3. The van der Waals surface area contributed by atoms with Gasteiger partial charge in [-0.2, -0.15) is 4.98 Å². The van der Waals surface area contributed by atoms with Gasteiger partial charge in [-0.3, -0.25) is 4.79 Å². The summed E-state index contributed by atoms with van der Waals surface area (Å²) in [6.07, 6.45) is -5.01. The van der Waals surface area contributed by atoms with E-state index in [9.17, 15) is 23.1 Å². The Morgan fingerprint density at radius 2 is 2.00 bits per heavy atom. The number of hydrogen-bond donors (Lipinski definition) is 1. The molecule has 0 radical (unpaired) electrons. The van der Waals surface area contributed by atoms with E-state index in [2.05, 4.69) is 14.7 Å². The standard InChI is InChI=1S/C13H7F3N2O4S2/c1-21-9-4-23-12(17-9)8-3-6(19)5-2-7(20)10(18-11(5)24-8)22-13(14,15)16/h2-4,20H,1H3. The summed E-state index contributed by atoms with van der Waals surface area (Å²) in [7, 11) is 1.44. The van der Waals surface area contributed by atoms with Crippen LogP contribution >= 0.6 is 22.7 Å². The first-order valence-electron chi connectivity index (χ1n) is 6.20. The zero-order valence-electron chi connectivity index (χ0n) is 11.7. The summed E-state index contributed by atoms with van der Waals surface area (Å²) in [5.74, 6) is -1.53. The molecule has 0 spiro atoms. The van der Waals surface area contributed by atoms with Gasteiger partial charge in [-0.15, -0.1) is 35.8 Å². The average molecular weight is 376 g/mol. The minimum atomic E-state index is -5.01. The molecule has 3 heterocycles. The summed E-state index contributed by atoms with van der Waals surface area (Å²) in [6, 6.07) is 2.17. The molecule has 0 aliphatic heterocycles. The Morgan fingerprint density at radius 3 is 2.62 bits per heavy atom. The summed E-state index contributed by atoms with van der Waals surface area (Å²) >= 11 is 2.16. The number of methoxy groups -OCH3 is 1. The van der Waals surface area contributed by atoms with Crippen molar-refractivity contribution in [3.05, 3.63) is 27.7 Å². The van der Waals surface area contributed by atoms with Crippen molar-refractivity contribution in [3.8, 4) is 27.4 Å². The SMILES string of the molecule is COc1csc(-c2cc(=O)c3cc(O)c(OC(F)(F)F)nc3s2)n1. The molecule has 11 heteroatoms. The number of fused-ring (bicyclic) bond motifs is 1. The van der Waals surface area contributed by atoms with Crippen molar-refractivity contribution < 1.29 is 27.8 Å². The molecule has 0 bridgehead atoms. The van der Waals surface area contributed by atoms with Crippen LogP contribution in [0.1, 0.15) is 0 Å². The van der Waals surface area contributed by atoms with E-state index in [1.807, 2.05) is 0 Å². The monoisotopic (exact) mass is 376 g/mol. The van der Waals surface area contributed by atoms with Crippen molar-refractivity contribution >= 4 is 32.9 Å². The third kappa shape index (κ3) is 3.26. The van der Waals surface area contributed by atoms with Crippen LogP contribution in [0.2, 0.25) is 0 Å². The number of halogens is 3. The van der Waals surface area contributed by atoms with Gasteiger partial charge in [0, 0.05) is 6.07 Å². The Hall–Kier alpha value is -2.40. The first-order chi connectivity index (χ1) is 11.3. The van der Waals surface area contributed by atoms with E-state index >= 15 is 0 Å². The molecule has 3 rings (SSSR count). The number of aromatic nitrogens is 2. The van der Waals surface area contributed by atoms with Gasteiger partial charge in [-0.1, -0.05) is 0 Å². The van der Waals surface area contributed by atoms with E-state index in [-0.39, 0.29) is 10.2 Å². The van der Waals surface area contributed by atoms with Crippen molar-refractivity contribution in [1.29, 1.82) is 0 Å². The quantitative estimate of drug-likeness (QED) is 0.755. The summed E-state index contributed by atoms with van der Waals surface area (Å²) < 4.78 is 45.6. The van der Waals surface area contributed by atoms with Gasteiger partial charge in [0.05, 0.1) is 22.8 Å². The lowest BCUT2D eigenvalue weighted by Gasteiger charge is -2.09. The molecule has 0 fully saturated rings. The minimum absolute atomic E-state index is 0.0104. The van der Waals surface area contributed by atoms with Crippen LogP contribution in [0, 0.1) is 0 Å². The maximum atomic E-state index is 12.3. The maximum absolute atomic E-state index is 12.3. The van der Waals surface area contributed by atoms with Gasteiger partial charge in [0.1, 0.15) is 9.84 Å². The van der Waals surface area contributed by atoms with E-state index in [1.165, 1.54) is 24.5 Å². The van der Waals surface area contributed by atoms with Gasteiger partial charge in [-0.05, 0) is 6.07 Å². The number of ether oxygens (including phenoxy) is 2. The first-order valence-corrected chi connectivity index (χ1v) is 7.90. The molecular weight excluding hydrogens is 369 g/mol. The molecule has 0 amide bonds. The lowest BCUT2D eigenvalue weighted by atomic mass is 10.3. The zero-order chi connectivity index (χ0) is 17.5. The van der Waals surface area contributed by atoms with E-state index in [0.717, 1.165) is 17.4 Å². The van der Waals surface area contributed by atoms with E-state index in [4.69, 9.17) is 4.74 Å². The van der Waals surface area contributed by atoms with Crippen molar-refractivity contribution in [1.82, 2.24) is 9.97 Å². The number of nitrogens with zero attached hydrogens (tertiary/aromatic N) is 2. The normalized spacial score (nSPS) is 11.7. The number of rotatable bonds is 3. The second kappa shape index (κ2) is 5.91. The maximum Gasteiger partial charge on any atom is 0.574 e. The fraction of sp³-hybridized carbons (Fsp3) is 0.154. The smallest absolute Gasteiger partial charge is 0.503 e. The van der Waals surface area contributed by atoms with Crippen molar-refractivity contribution in [2.75, 3.05) is 7.11 Å². The molecule has 0 saturated carbocycles. The Labute approximate surface area is 139 Å². The second-order valence-electron chi connectivity index (χ2n) is 4.38. The number of aromatic hydroxyl groups is 1. The molecule has 3 aromatic heterocycles. The number of pyridine rings is 1. The third-order valence-corrected chi connectivity index (χ3v) is 4.80. The van der Waals surface area contributed by atoms with Crippen LogP contribution < -0.4 is 14.9 Å². The Kier molecular flexibility index (Phi) is 4.05. The van der Waals surface area contributed by atoms with Gasteiger partial charge >= 0.3 is 6.36 Å². The highest BCUT2D eigenvalue weighted by Crippen LogP contribution is 2.36. The third-order valence-electron chi connectivity index (χ3n) is 2.78. The molecule has 1 N–H and O–H groups in total. The van der Waals surface area contributed by atoms with Crippen molar-refractivity contribution in [3.63, 3.8) is 0 Å². The van der Waals surface area contributed by atoms with E-state index in [1.54, 1.807) is 5.38 Å². The molecule has 0 atom stereocenters. The van der Waals surface area contributed by atoms with Crippen LogP contribution in [0.25, 0.3) is 20.1 Å². The molecule has 24 heavy (non-hydrogen) atoms. The fourth-order valence-electron chi connectivity index (χ4n) is 1.81.